The highest BCUT2D eigenvalue weighted by Gasteiger charge is 2.30. The molecule has 1 aromatic rings. The molecule has 1 aromatic carbocycles. The molecule has 0 radical (unpaired) electrons. The van der Waals surface area contributed by atoms with Crippen LogP contribution in [0.2, 0.25) is 0 Å². The molecule has 1 fully saturated rings. The fourth-order valence-electron chi connectivity index (χ4n) is 2.06. The van der Waals surface area contributed by atoms with Gasteiger partial charge in [-0.1, -0.05) is 56.4 Å². The van der Waals surface area contributed by atoms with E-state index in [4.69, 9.17) is 17.0 Å². The molecule has 0 unspecified atom stereocenters. The number of thiocarbonyl (C=S) groups is 1. The van der Waals surface area contributed by atoms with Crippen molar-refractivity contribution in [1.82, 2.24) is 4.90 Å². The maximum absolute atomic E-state index is 12.3. The Morgan fingerprint density at radius 3 is 2.59 bits per heavy atom. The fraction of sp³-hybridized carbons (Fsp3) is 0.412. The van der Waals surface area contributed by atoms with Crippen LogP contribution in [-0.4, -0.2) is 28.3 Å². The second kappa shape index (κ2) is 8.34. The normalized spacial score (nSPS) is 16.6. The highest BCUT2D eigenvalue weighted by atomic mass is 32.2. The first-order valence-electron chi connectivity index (χ1n) is 7.64. The maximum Gasteiger partial charge on any atom is 0.266 e. The molecule has 0 bridgehead atoms. The van der Waals surface area contributed by atoms with Gasteiger partial charge in [-0.2, -0.15) is 0 Å². The summed E-state index contributed by atoms with van der Waals surface area (Å²) in [5.41, 5.74) is 0.986. The van der Waals surface area contributed by atoms with Crippen molar-refractivity contribution in [3.8, 4) is 5.75 Å². The minimum absolute atomic E-state index is 0.0140. The molecule has 0 aromatic heterocycles. The Morgan fingerprint density at radius 1 is 1.23 bits per heavy atom. The number of carbonyl (C=O) groups excluding carboxylic acids is 1. The first-order valence-corrected chi connectivity index (χ1v) is 8.86. The zero-order valence-corrected chi connectivity index (χ0v) is 14.6. The lowest BCUT2D eigenvalue weighted by atomic mass is 10.2. The van der Waals surface area contributed by atoms with Crippen molar-refractivity contribution in [3.05, 3.63) is 34.7 Å². The minimum Gasteiger partial charge on any atom is -0.494 e. The van der Waals surface area contributed by atoms with E-state index in [0.29, 0.717) is 15.8 Å². The molecule has 2 rings (SSSR count). The third-order valence-corrected chi connectivity index (χ3v) is 4.64. The van der Waals surface area contributed by atoms with E-state index in [-0.39, 0.29) is 5.91 Å². The van der Waals surface area contributed by atoms with Crippen molar-refractivity contribution in [1.29, 1.82) is 0 Å². The van der Waals surface area contributed by atoms with Gasteiger partial charge in [0.1, 0.15) is 10.1 Å². The zero-order valence-electron chi connectivity index (χ0n) is 13.0. The summed E-state index contributed by atoms with van der Waals surface area (Å²) < 4.78 is 6.29. The van der Waals surface area contributed by atoms with E-state index in [0.717, 1.165) is 37.2 Å². The summed E-state index contributed by atoms with van der Waals surface area (Å²) in [6.45, 7) is 5.61. The molecular weight excluding hydrogens is 314 g/mol. The summed E-state index contributed by atoms with van der Waals surface area (Å²) in [7, 11) is 0. The van der Waals surface area contributed by atoms with Crippen molar-refractivity contribution < 1.29 is 9.53 Å². The molecule has 1 aliphatic rings. The van der Waals surface area contributed by atoms with Crippen LogP contribution in [0, 0.1) is 0 Å². The predicted molar refractivity (Wildman–Crippen MR) is 97.0 cm³/mol. The third kappa shape index (κ3) is 4.34. The number of amides is 1. The fourth-order valence-corrected chi connectivity index (χ4v) is 3.37. The number of hydrogen-bond donors (Lipinski definition) is 0. The summed E-state index contributed by atoms with van der Waals surface area (Å²) in [6.07, 6.45) is 4.98. The Morgan fingerprint density at radius 2 is 1.95 bits per heavy atom. The van der Waals surface area contributed by atoms with E-state index in [2.05, 4.69) is 6.92 Å². The summed E-state index contributed by atoms with van der Waals surface area (Å²) in [5.74, 6) is 0.879. The predicted octanol–water partition coefficient (Wildman–Crippen LogP) is 4.48. The second-order valence-electron chi connectivity index (χ2n) is 5.10. The highest BCUT2D eigenvalue weighted by molar-refractivity contribution is 8.26. The van der Waals surface area contributed by atoms with Gasteiger partial charge in [0.05, 0.1) is 11.5 Å². The van der Waals surface area contributed by atoms with Crippen molar-refractivity contribution in [2.24, 2.45) is 0 Å². The Bertz CT molecular complexity index is 567. The molecule has 1 saturated heterocycles. The Hall–Kier alpha value is -1.33. The second-order valence-corrected chi connectivity index (χ2v) is 6.78. The summed E-state index contributed by atoms with van der Waals surface area (Å²) in [6, 6.07) is 7.81. The molecule has 5 heteroatoms. The maximum atomic E-state index is 12.3. The number of rotatable bonds is 7. The van der Waals surface area contributed by atoms with Gasteiger partial charge >= 0.3 is 0 Å². The van der Waals surface area contributed by atoms with Crippen LogP contribution >= 0.6 is 24.0 Å². The summed E-state index contributed by atoms with van der Waals surface area (Å²) in [5, 5.41) is 0. The first-order chi connectivity index (χ1) is 10.7. The lowest BCUT2D eigenvalue weighted by Crippen LogP contribution is -2.28. The van der Waals surface area contributed by atoms with Crippen LogP contribution in [0.5, 0.6) is 5.75 Å². The molecule has 22 heavy (non-hydrogen) atoms. The number of thioether (sulfide) groups is 1. The average molecular weight is 335 g/mol. The molecule has 0 saturated carbocycles. The zero-order chi connectivity index (χ0) is 15.9. The molecule has 1 amide bonds. The van der Waals surface area contributed by atoms with Crippen LogP contribution in [0.1, 0.15) is 38.7 Å². The average Bonchev–Trinajstić information content (AvgIpc) is 2.77. The number of nitrogens with zero attached hydrogens (tertiary/aromatic N) is 1. The van der Waals surface area contributed by atoms with Crippen molar-refractivity contribution in [3.63, 3.8) is 0 Å². The number of hydrogen-bond acceptors (Lipinski definition) is 4. The molecular formula is C17H21NO2S2. The number of carbonyl (C=O) groups is 1. The van der Waals surface area contributed by atoms with Crippen LogP contribution in [-0.2, 0) is 4.79 Å². The standard InChI is InChI=1S/C17H21NO2S2/c1-3-5-11-20-14-8-6-13(7-9-14)12-15-16(19)18(10-4-2)17(21)22-15/h6-9,12H,3-5,10-11H2,1-2H3/b15-12+. The summed E-state index contributed by atoms with van der Waals surface area (Å²) >= 11 is 6.64. The van der Waals surface area contributed by atoms with Gasteiger partial charge in [-0.15, -0.1) is 0 Å². The monoisotopic (exact) mass is 335 g/mol. The topological polar surface area (TPSA) is 29.5 Å². The van der Waals surface area contributed by atoms with Gasteiger partial charge in [-0.3, -0.25) is 9.69 Å². The molecule has 0 atom stereocenters. The van der Waals surface area contributed by atoms with Gasteiger partial charge < -0.3 is 4.74 Å². The smallest absolute Gasteiger partial charge is 0.266 e. The van der Waals surface area contributed by atoms with E-state index >= 15 is 0 Å². The van der Waals surface area contributed by atoms with Gasteiger partial charge in [0.2, 0.25) is 0 Å². The van der Waals surface area contributed by atoms with Gasteiger partial charge in [-0.25, -0.2) is 0 Å². The van der Waals surface area contributed by atoms with E-state index in [9.17, 15) is 4.79 Å². The van der Waals surface area contributed by atoms with E-state index in [1.165, 1.54) is 11.8 Å². The van der Waals surface area contributed by atoms with E-state index in [1.807, 2.05) is 37.3 Å². The first kappa shape index (κ1) is 17.0. The third-order valence-electron chi connectivity index (χ3n) is 3.27. The number of benzene rings is 1. The van der Waals surface area contributed by atoms with Crippen LogP contribution in [0.3, 0.4) is 0 Å². The molecule has 0 spiro atoms. The Kier molecular flexibility index (Phi) is 6.46. The van der Waals surface area contributed by atoms with Crippen LogP contribution in [0.15, 0.2) is 29.2 Å². The van der Waals surface area contributed by atoms with Crippen molar-refractivity contribution in [2.45, 2.75) is 33.1 Å². The van der Waals surface area contributed by atoms with Crippen molar-refractivity contribution in [2.75, 3.05) is 13.2 Å². The van der Waals surface area contributed by atoms with E-state index < -0.39 is 0 Å². The highest BCUT2D eigenvalue weighted by Crippen LogP contribution is 2.32. The summed E-state index contributed by atoms with van der Waals surface area (Å²) in [4.78, 5) is 14.6. The molecule has 1 heterocycles. The van der Waals surface area contributed by atoms with Gasteiger partial charge in [0.25, 0.3) is 5.91 Å². The number of unbranched alkanes of at least 4 members (excludes halogenated alkanes) is 1. The SMILES string of the molecule is CCCCOc1ccc(/C=C2/SC(=S)N(CCC)C2=O)cc1. The molecule has 0 N–H and O–H groups in total. The molecule has 3 nitrogen and oxygen atoms in total. The quantitative estimate of drug-likeness (QED) is 0.417. The van der Waals surface area contributed by atoms with Gasteiger partial charge in [0.15, 0.2) is 0 Å². The number of ether oxygens (including phenoxy) is 1. The molecule has 1 aliphatic heterocycles. The van der Waals surface area contributed by atoms with Gasteiger partial charge in [-0.05, 0) is 36.6 Å². The van der Waals surface area contributed by atoms with Crippen LogP contribution < -0.4 is 4.74 Å². The van der Waals surface area contributed by atoms with Crippen LogP contribution in [0.4, 0.5) is 0 Å². The molecule has 118 valence electrons. The molecule has 0 aliphatic carbocycles. The lowest BCUT2D eigenvalue weighted by molar-refractivity contribution is -0.122. The van der Waals surface area contributed by atoms with E-state index in [1.54, 1.807) is 4.90 Å². The van der Waals surface area contributed by atoms with Crippen LogP contribution in [0.25, 0.3) is 6.08 Å². The Labute approximate surface area is 141 Å². The lowest BCUT2D eigenvalue weighted by Gasteiger charge is -2.11. The largest absolute Gasteiger partial charge is 0.494 e. The minimum atomic E-state index is 0.0140. The van der Waals surface area contributed by atoms with Crippen molar-refractivity contribution >= 4 is 40.3 Å². The Balaban J connectivity index is 2.03. The van der Waals surface area contributed by atoms with Gasteiger partial charge in [0, 0.05) is 6.54 Å².